The highest BCUT2D eigenvalue weighted by molar-refractivity contribution is 6.37. The van der Waals surface area contributed by atoms with Crippen LogP contribution < -0.4 is 10.1 Å². The van der Waals surface area contributed by atoms with Crippen molar-refractivity contribution in [3.05, 3.63) is 57.6 Å². The van der Waals surface area contributed by atoms with E-state index in [4.69, 9.17) is 33.0 Å². The van der Waals surface area contributed by atoms with Crippen LogP contribution in [0.2, 0.25) is 10.0 Å². The van der Waals surface area contributed by atoms with Gasteiger partial charge in [0.25, 0.3) is 0 Å². The van der Waals surface area contributed by atoms with E-state index < -0.39 is 5.97 Å². The summed E-state index contributed by atoms with van der Waals surface area (Å²) >= 11 is 12.1. The minimum Gasteiger partial charge on any atom is -0.494 e. The van der Waals surface area contributed by atoms with Crippen LogP contribution in [0.5, 0.6) is 5.75 Å². The van der Waals surface area contributed by atoms with Crippen LogP contribution in [0.4, 0.5) is 5.69 Å². The van der Waals surface area contributed by atoms with Gasteiger partial charge < -0.3 is 15.2 Å². The molecule has 0 aliphatic heterocycles. The summed E-state index contributed by atoms with van der Waals surface area (Å²) in [6.45, 7) is 0.510. The number of aromatic carboxylic acids is 1. The highest BCUT2D eigenvalue weighted by atomic mass is 35.5. The van der Waals surface area contributed by atoms with E-state index >= 15 is 0 Å². The third-order valence-corrected chi connectivity index (χ3v) is 3.45. The quantitative estimate of drug-likeness (QED) is 0.859. The van der Waals surface area contributed by atoms with Crippen LogP contribution in [-0.4, -0.2) is 18.2 Å². The molecule has 0 aliphatic carbocycles. The number of methoxy groups -OCH3 is 1. The summed E-state index contributed by atoms with van der Waals surface area (Å²) in [6, 6.07) is 10.0. The Labute approximate surface area is 132 Å². The summed E-state index contributed by atoms with van der Waals surface area (Å²) in [5, 5.41) is 12.9. The van der Waals surface area contributed by atoms with Gasteiger partial charge >= 0.3 is 5.97 Å². The van der Waals surface area contributed by atoms with E-state index in [-0.39, 0.29) is 5.56 Å². The number of benzene rings is 2. The molecule has 0 aliphatic rings. The number of carboxylic acids is 1. The second-order valence-corrected chi connectivity index (χ2v) is 5.14. The van der Waals surface area contributed by atoms with E-state index in [9.17, 15) is 4.79 Å². The van der Waals surface area contributed by atoms with Gasteiger partial charge in [0.2, 0.25) is 0 Å². The average molecular weight is 326 g/mol. The summed E-state index contributed by atoms with van der Waals surface area (Å²) in [4.78, 5) is 10.8. The van der Waals surface area contributed by atoms with E-state index in [0.717, 1.165) is 11.3 Å². The number of carboxylic acid groups (broad SMARTS) is 1. The van der Waals surface area contributed by atoms with Crippen molar-refractivity contribution in [1.29, 1.82) is 0 Å². The second kappa shape index (κ2) is 6.70. The summed E-state index contributed by atoms with van der Waals surface area (Å²) in [5.41, 5.74) is 1.95. The smallest absolute Gasteiger partial charge is 0.335 e. The number of hydrogen-bond acceptors (Lipinski definition) is 3. The van der Waals surface area contributed by atoms with Crippen LogP contribution in [-0.2, 0) is 6.54 Å². The number of ether oxygens (including phenoxy) is 1. The van der Waals surface area contributed by atoms with Gasteiger partial charge in [-0.2, -0.15) is 0 Å². The summed E-state index contributed by atoms with van der Waals surface area (Å²) < 4.78 is 5.09. The number of carbonyl (C=O) groups is 1. The fraction of sp³-hybridized carbons (Fsp3) is 0.133. The molecule has 0 aromatic heterocycles. The largest absolute Gasteiger partial charge is 0.494 e. The van der Waals surface area contributed by atoms with Crippen molar-refractivity contribution in [1.82, 2.24) is 0 Å². The number of hydrogen-bond donors (Lipinski definition) is 2. The van der Waals surface area contributed by atoms with Crippen LogP contribution in [0.1, 0.15) is 15.9 Å². The lowest BCUT2D eigenvalue weighted by molar-refractivity contribution is 0.0697. The van der Waals surface area contributed by atoms with Gasteiger partial charge in [-0.3, -0.25) is 0 Å². The van der Waals surface area contributed by atoms with Crippen molar-refractivity contribution in [3.8, 4) is 5.75 Å². The van der Waals surface area contributed by atoms with Crippen molar-refractivity contribution in [2.45, 2.75) is 6.54 Å². The van der Waals surface area contributed by atoms with Gasteiger partial charge in [0.05, 0.1) is 22.7 Å². The topological polar surface area (TPSA) is 58.6 Å². The normalized spacial score (nSPS) is 10.2. The number of anilines is 1. The Kier molecular flexibility index (Phi) is 4.94. The van der Waals surface area contributed by atoms with Crippen molar-refractivity contribution in [2.24, 2.45) is 0 Å². The van der Waals surface area contributed by atoms with Gasteiger partial charge in [-0.25, -0.2) is 4.79 Å². The first-order valence-electron chi connectivity index (χ1n) is 6.10. The van der Waals surface area contributed by atoms with Gasteiger partial charge in [-0.1, -0.05) is 23.2 Å². The van der Waals surface area contributed by atoms with E-state index in [1.165, 1.54) is 7.11 Å². The minimum atomic E-state index is -0.949. The molecular weight excluding hydrogens is 313 g/mol. The standard InChI is InChI=1S/C15H13Cl2NO3/c1-21-14-12(16)6-9(7-13(14)17)8-18-11-4-2-10(3-5-11)15(19)20/h2-7,18H,8H2,1H3,(H,19,20). The number of halogens is 2. The summed E-state index contributed by atoms with van der Waals surface area (Å²) in [7, 11) is 1.51. The molecule has 0 heterocycles. The lowest BCUT2D eigenvalue weighted by atomic mass is 10.2. The Morgan fingerprint density at radius 1 is 1.19 bits per heavy atom. The van der Waals surface area contributed by atoms with Crippen molar-refractivity contribution in [3.63, 3.8) is 0 Å². The van der Waals surface area contributed by atoms with Gasteiger partial charge in [-0.05, 0) is 42.0 Å². The molecule has 6 heteroatoms. The van der Waals surface area contributed by atoms with Crippen LogP contribution in [0.25, 0.3) is 0 Å². The maximum absolute atomic E-state index is 10.8. The predicted octanol–water partition coefficient (Wildman–Crippen LogP) is 4.31. The predicted molar refractivity (Wildman–Crippen MR) is 83.7 cm³/mol. The first-order chi connectivity index (χ1) is 10.0. The molecule has 0 bridgehead atoms. The monoisotopic (exact) mass is 325 g/mol. The molecule has 0 fully saturated rings. The SMILES string of the molecule is COc1c(Cl)cc(CNc2ccc(C(=O)O)cc2)cc1Cl. The zero-order chi connectivity index (χ0) is 15.4. The van der Waals surface area contributed by atoms with Gasteiger partial charge in [0.1, 0.15) is 0 Å². The number of nitrogens with one attached hydrogen (secondary N) is 1. The van der Waals surface area contributed by atoms with Gasteiger partial charge in [0, 0.05) is 12.2 Å². The van der Waals surface area contributed by atoms with Crippen molar-refractivity contribution in [2.75, 3.05) is 12.4 Å². The van der Waals surface area contributed by atoms with Gasteiger partial charge in [-0.15, -0.1) is 0 Å². The van der Waals surface area contributed by atoms with Gasteiger partial charge in [0.15, 0.2) is 5.75 Å². The molecule has 2 aromatic carbocycles. The summed E-state index contributed by atoms with van der Waals surface area (Å²) in [6.07, 6.45) is 0. The molecule has 0 saturated carbocycles. The second-order valence-electron chi connectivity index (χ2n) is 4.33. The highest BCUT2D eigenvalue weighted by Gasteiger charge is 2.08. The summed E-state index contributed by atoms with van der Waals surface area (Å²) in [5.74, 6) is -0.497. The Balaban J connectivity index is 2.07. The molecule has 0 amide bonds. The number of rotatable bonds is 5. The fourth-order valence-corrected chi connectivity index (χ4v) is 2.53. The molecule has 0 spiro atoms. The molecule has 2 N–H and O–H groups in total. The van der Waals surface area contributed by atoms with Crippen LogP contribution in [0, 0.1) is 0 Å². The van der Waals surface area contributed by atoms with Crippen LogP contribution in [0.15, 0.2) is 36.4 Å². The molecule has 110 valence electrons. The minimum absolute atomic E-state index is 0.246. The maximum Gasteiger partial charge on any atom is 0.335 e. The maximum atomic E-state index is 10.8. The molecular formula is C15H13Cl2NO3. The molecule has 2 rings (SSSR count). The molecule has 0 radical (unpaired) electrons. The highest BCUT2D eigenvalue weighted by Crippen LogP contribution is 2.33. The molecule has 21 heavy (non-hydrogen) atoms. The lowest BCUT2D eigenvalue weighted by Crippen LogP contribution is -2.01. The molecule has 0 unspecified atom stereocenters. The zero-order valence-electron chi connectivity index (χ0n) is 11.2. The Morgan fingerprint density at radius 3 is 2.24 bits per heavy atom. The lowest BCUT2D eigenvalue weighted by Gasteiger charge is -2.10. The molecule has 4 nitrogen and oxygen atoms in total. The average Bonchev–Trinajstić information content (AvgIpc) is 2.45. The van der Waals surface area contributed by atoms with Crippen molar-refractivity contribution < 1.29 is 14.6 Å². The van der Waals surface area contributed by atoms with Crippen LogP contribution >= 0.6 is 23.2 Å². The van der Waals surface area contributed by atoms with E-state index in [0.29, 0.717) is 22.3 Å². The van der Waals surface area contributed by atoms with E-state index in [1.54, 1.807) is 36.4 Å². The Morgan fingerprint density at radius 2 is 1.76 bits per heavy atom. The van der Waals surface area contributed by atoms with Crippen molar-refractivity contribution >= 4 is 34.9 Å². The first kappa shape index (κ1) is 15.5. The fourth-order valence-electron chi connectivity index (χ4n) is 1.84. The zero-order valence-corrected chi connectivity index (χ0v) is 12.7. The molecule has 0 atom stereocenters. The molecule has 0 saturated heterocycles. The third kappa shape index (κ3) is 3.80. The Hall–Kier alpha value is -1.91. The molecule has 2 aromatic rings. The van der Waals surface area contributed by atoms with E-state index in [2.05, 4.69) is 5.32 Å². The van der Waals surface area contributed by atoms with Crippen LogP contribution in [0.3, 0.4) is 0 Å². The van der Waals surface area contributed by atoms with E-state index in [1.807, 2.05) is 0 Å². The third-order valence-electron chi connectivity index (χ3n) is 2.89. The first-order valence-corrected chi connectivity index (χ1v) is 6.86. The Bertz CT molecular complexity index is 633.